The van der Waals surface area contributed by atoms with Crippen LogP contribution in [0.1, 0.15) is 17.5 Å². The van der Waals surface area contributed by atoms with Crippen LogP contribution in [0, 0.1) is 0 Å². The first kappa shape index (κ1) is 29.4. The summed E-state index contributed by atoms with van der Waals surface area (Å²) in [6.07, 6.45) is -0.0846. The molecule has 0 bridgehead atoms. The van der Waals surface area contributed by atoms with E-state index >= 15 is 0 Å². The van der Waals surface area contributed by atoms with Gasteiger partial charge >= 0.3 is 6.09 Å². The molecule has 2 aromatic rings. The molecule has 0 aromatic heterocycles. The molecule has 198 valence electrons. The maximum absolute atomic E-state index is 12.8. The smallest absolute Gasteiger partial charge is 0.408 e. The van der Waals surface area contributed by atoms with Gasteiger partial charge in [0.1, 0.15) is 6.61 Å². The predicted molar refractivity (Wildman–Crippen MR) is 136 cm³/mol. The van der Waals surface area contributed by atoms with E-state index < -0.39 is 12.1 Å². The molecule has 0 fully saturated rings. The standard InChI is InChI=1S/C27H38N2O7/c28-12-14-33-16-18-35-20-19-34-17-15-32-13-11-26(30)25(21-23-7-3-1-4-8-23)29-27(31)36-22-24-9-5-2-6-10-24/h1-10,25H,11-22,28H2,(H,29,31)/t25-/m0/s1. The Morgan fingerprint density at radius 3 is 1.75 bits per heavy atom. The van der Waals surface area contributed by atoms with Gasteiger partial charge in [0.25, 0.3) is 0 Å². The van der Waals surface area contributed by atoms with Crippen molar-refractivity contribution in [2.75, 3.05) is 59.4 Å². The van der Waals surface area contributed by atoms with Crippen LogP contribution in [0.15, 0.2) is 60.7 Å². The van der Waals surface area contributed by atoms with Crippen molar-refractivity contribution in [2.45, 2.75) is 25.5 Å². The summed E-state index contributed by atoms with van der Waals surface area (Å²) in [6.45, 7) is 4.10. The molecule has 0 unspecified atom stereocenters. The van der Waals surface area contributed by atoms with Crippen molar-refractivity contribution in [3.05, 3.63) is 71.8 Å². The number of nitrogens with two attached hydrogens (primary N) is 1. The first-order valence-electron chi connectivity index (χ1n) is 12.2. The highest BCUT2D eigenvalue weighted by molar-refractivity contribution is 5.87. The second-order valence-electron chi connectivity index (χ2n) is 7.90. The van der Waals surface area contributed by atoms with Crippen LogP contribution >= 0.6 is 0 Å². The van der Waals surface area contributed by atoms with E-state index in [9.17, 15) is 9.59 Å². The predicted octanol–water partition coefficient (Wildman–Crippen LogP) is 2.51. The van der Waals surface area contributed by atoms with Gasteiger partial charge in [-0.2, -0.15) is 0 Å². The lowest BCUT2D eigenvalue weighted by Crippen LogP contribution is -2.43. The van der Waals surface area contributed by atoms with E-state index in [4.69, 9.17) is 29.4 Å². The van der Waals surface area contributed by atoms with Crippen molar-refractivity contribution >= 4 is 11.9 Å². The zero-order chi connectivity index (χ0) is 25.7. The van der Waals surface area contributed by atoms with Gasteiger partial charge in [-0.05, 0) is 17.5 Å². The summed E-state index contributed by atoms with van der Waals surface area (Å²) in [4.78, 5) is 25.2. The fourth-order valence-electron chi connectivity index (χ4n) is 3.19. The van der Waals surface area contributed by atoms with Gasteiger partial charge in [0.05, 0.1) is 58.9 Å². The number of benzene rings is 2. The highest BCUT2D eigenvalue weighted by Gasteiger charge is 2.21. The highest BCUT2D eigenvalue weighted by Crippen LogP contribution is 2.07. The quantitative estimate of drug-likeness (QED) is 0.265. The molecule has 9 heteroatoms. The zero-order valence-corrected chi connectivity index (χ0v) is 20.8. The Balaban J connectivity index is 1.64. The van der Waals surface area contributed by atoms with Gasteiger partial charge in [-0.15, -0.1) is 0 Å². The van der Waals surface area contributed by atoms with Crippen LogP contribution in [0.2, 0.25) is 0 Å². The fourth-order valence-corrected chi connectivity index (χ4v) is 3.19. The van der Waals surface area contributed by atoms with Crippen molar-refractivity contribution in [1.82, 2.24) is 5.32 Å². The van der Waals surface area contributed by atoms with E-state index in [1.54, 1.807) is 0 Å². The summed E-state index contributed by atoms with van der Waals surface area (Å²) in [6, 6.07) is 18.2. The molecule has 0 aliphatic rings. The van der Waals surface area contributed by atoms with Crippen molar-refractivity contribution in [2.24, 2.45) is 5.73 Å². The molecule has 3 N–H and O–H groups in total. The van der Waals surface area contributed by atoms with Crippen LogP contribution in [-0.4, -0.2) is 77.3 Å². The van der Waals surface area contributed by atoms with E-state index in [2.05, 4.69) is 5.32 Å². The molecule has 1 atom stereocenters. The maximum Gasteiger partial charge on any atom is 0.408 e. The number of Topliss-reactive ketones (excluding diaryl/α,β-unsaturated/α-hetero) is 1. The number of ether oxygens (including phenoxy) is 5. The maximum atomic E-state index is 12.8. The summed E-state index contributed by atoms with van der Waals surface area (Å²) in [5.74, 6) is -0.123. The van der Waals surface area contributed by atoms with E-state index in [-0.39, 0.29) is 25.4 Å². The summed E-state index contributed by atoms with van der Waals surface area (Å²) in [5, 5.41) is 2.71. The molecule has 2 aromatic carbocycles. The molecule has 0 saturated carbocycles. The highest BCUT2D eigenvalue weighted by atomic mass is 16.6. The van der Waals surface area contributed by atoms with Crippen LogP contribution in [0.4, 0.5) is 4.79 Å². The number of amides is 1. The van der Waals surface area contributed by atoms with Gasteiger partial charge in [0.15, 0.2) is 5.78 Å². The number of carbonyl (C=O) groups excluding carboxylic acids is 2. The molecule has 9 nitrogen and oxygen atoms in total. The van der Waals surface area contributed by atoms with Gasteiger partial charge in [0, 0.05) is 13.0 Å². The molecule has 0 aliphatic heterocycles. The van der Waals surface area contributed by atoms with Crippen molar-refractivity contribution in [3.63, 3.8) is 0 Å². The molecule has 2 rings (SSSR count). The molecular formula is C27H38N2O7. The zero-order valence-electron chi connectivity index (χ0n) is 20.8. The minimum Gasteiger partial charge on any atom is -0.445 e. The average Bonchev–Trinajstić information content (AvgIpc) is 2.91. The molecule has 0 aliphatic carbocycles. The van der Waals surface area contributed by atoms with Gasteiger partial charge in [-0.3, -0.25) is 4.79 Å². The third-order valence-electron chi connectivity index (χ3n) is 5.05. The van der Waals surface area contributed by atoms with Crippen molar-refractivity contribution < 1.29 is 33.3 Å². The van der Waals surface area contributed by atoms with Crippen LogP contribution in [0.25, 0.3) is 0 Å². The monoisotopic (exact) mass is 502 g/mol. The van der Waals surface area contributed by atoms with Crippen LogP contribution in [0.5, 0.6) is 0 Å². The normalized spacial score (nSPS) is 11.7. The van der Waals surface area contributed by atoms with E-state index in [0.29, 0.717) is 59.2 Å². The summed E-state index contributed by atoms with van der Waals surface area (Å²) >= 11 is 0. The topological polar surface area (TPSA) is 118 Å². The fraction of sp³-hybridized carbons (Fsp3) is 0.481. The van der Waals surface area contributed by atoms with Crippen molar-refractivity contribution in [3.8, 4) is 0 Å². The third kappa shape index (κ3) is 13.9. The number of hydrogen-bond acceptors (Lipinski definition) is 8. The molecule has 0 heterocycles. The van der Waals surface area contributed by atoms with E-state index in [1.165, 1.54) is 0 Å². The first-order valence-corrected chi connectivity index (χ1v) is 12.2. The number of carbonyl (C=O) groups is 2. The number of hydrogen-bond donors (Lipinski definition) is 2. The largest absolute Gasteiger partial charge is 0.445 e. The molecule has 1 amide bonds. The minimum absolute atomic E-state index is 0.123. The van der Waals surface area contributed by atoms with Gasteiger partial charge in [-0.1, -0.05) is 60.7 Å². The second kappa shape index (κ2) is 19.4. The summed E-state index contributed by atoms with van der Waals surface area (Å²) < 4.78 is 26.8. The summed E-state index contributed by atoms with van der Waals surface area (Å²) in [5.41, 5.74) is 7.15. The average molecular weight is 503 g/mol. The number of nitrogens with one attached hydrogen (secondary N) is 1. The van der Waals surface area contributed by atoms with Crippen molar-refractivity contribution in [1.29, 1.82) is 0 Å². The SMILES string of the molecule is NCCOCCOCCOCCOCCC(=O)[C@H](Cc1ccccc1)NC(=O)OCc1ccccc1. The molecule has 0 spiro atoms. The number of ketones is 1. The molecular weight excluding hydrogens is 464 g/mol. The number of alkyl carbamates (subject to hydrolysis) is 1. The first-order chi connectivity index (χ1) is 17.7. The lowest BCUT2D eigenvalue weighted by atomic mass is 10.0. The second-order valence-corrected chi connectivity index (χ2v) is 7.90. The minimum atomic E-state index is -0.707. The molecule has 36 heavy (non-hydrogen) atoms. The van der Waals surface area contributed by atoms with Crippen LogP contribution in [0.3, 0.4) is 0 Å². The van der Waals surface area contributed by atoms with Gasteiger partial charge < -0.3 is 34.7 Å². The Bertz CT molecular complexity index is 837. The van der Waals surface area contributed by atoms with E-state index in [0.717, 1.165) is 11.1 Å². The van der Waals surface area contributed by atoms with Crippen LogP contribution < -0.4 is 11.1 Å². The Labute approximate surface area is 213 Å². The van der Waals surface area contributed by atoms with E-state index in [1.807, 2.05) is 60.7 Å². The lowest BCUT2D eigenvalue weighted by molar-refractivity contribution is -0.122. The third-order valence-corrected chi connectivity index (χ3v) is 5.05. The Morgan fingerprint density at radius 2 is 1.19 bits per heavy atom. The summed E-state index contributed by atoms with van der Waals surface area (Å²) in [7, 11) is 0. The van der Waals surface area contributed by atoms with Gasteiger partial charge in [0.2, 0.25) is 0 Å². The number of rotatable bonds is 20. The Hall–Kier alpha value is -2.82. The molecule has 0 saturated heterocycles. The van der Waals surface area contributed by atoms with Crippen LogP contribution in [-0.2, 0) is 41.5 Å². The molecule has 0 radical (unpaired) electrons. The van der Waals surface area contributed by atoms with Gasteiger partial charge in [-0.25, -0.2) is 4.79 Å². The Morgan fingerprint density at radius 1 is 0.694 bits per heavy atom. The lowest BCUT2D eigenvalue weighted by Gasteiger charge is -2.18. The Kier molecular flexibility index (Phi) is 15.8.